The smallest absolute Gasteiger partial charge is 0.205 e. The van der Waals surface area contributed by atoms with Gasteiger partial charge in [0.15, 0.2) is 12.4 Å². The fourth-order valence-electron chi connectivity index (χ4n) is 1.87. The molecule has 0 fully saturated rings. The summed E-state index contributed by atoms with van der Waals surface area (Å²) in [6.45, 7) is 2.97. The molecule has 1 aromatic heterocycles. The molecule has 1 nitrogen and oxygen atoms in total. The number of pyridine rings is 1. The first-order valence-corrected chi connectivity index (χ1v) is 6.60. The van der Waals surface area contributed by atoms with E-state index in [-0.39, 0.29) is 0 Å². The van der Waals surface area contributed by atoms with Gasteiger partial charge in [0.05, 0.1) is 5.56 Å². The normalized spacial score (nSPS) is 11.8. The highest BCUT2D eigenvalue weighted by Crippen LogP contribution is 2.27. The second kappa shape index (κ2) is 7.39. The van der Waals surface area contributed by atoms with Gasteiger partial charge in [0.1, 0.15) is 6.54 Å². The second-order valence-corrected chi connectivity index (χ2v) is 4.59. The largest absolute Gasteiger partial charge is 0.416 e. The number of hydrogen-bond donors (Lipinski definition) is 0. The highest BCUT2D eigenvalue weighted by molar-refractivity contribution is 5.11. The van der Waals surface area contributed by atoms with Gasteiger partial charge in [-0.25, -0.2) is 4.57 Å². The molecule has 0 aliphatic rings. The fourth-order valence-corrected chi connectivity index (χ4v) is 1.87. The first kappa shape index (κ1) is 15.0. The monoisotopic (exact) mass is 260 g/mol. The summed E-state index contributed by atoms with van der Waals surface area (Å²) >= 11 is 0. The van der Waals surface area contributed by atoms with Gasteiger partial charge in [-0.05, 0) is 6.42 Å². The van der Waals surface area contributed by atoms with Crippen molar-refractivity contribution in [3.63, 3.8) is 0 Å². The second-order valence-electron chi connectivity index (χ2n) is 4.59. The maximum atomic E-state index is 12.3. The van der Waals surface area contributed by atoms with E-state index in [0.29, 0.717) is 0 Å². The quantitative estimate of drug-likeness (QED) is 0.507. The van der Waals surface area contributed by atoms with E-state index in [1.54, 1.807) is 0 Å². The van der Waals surface area contributed by atoms with Crippen LogP contribution in [0.2, 0.25) is 0 Å². The molecular formula is C14H21F3N+. The van der Waals surface area contributed by atoms with Gasteiger partial charge in [-0.2, -0.15) is 13.2 Å². The van der Waals surface area contributed by atoms with Crippen molar-refractivity contribution in [3.05, 3.63) is 30.1 Å². The van der Waals surface area contributed by atoms with Crippen LogP contribution in [0.4, 0.5) is 13.2 Å². The van der Waals surface area contributed by atoms with Crippen LogP contribution in [0.1, 0.15) is 51.0 Å². The highest BCUT2D eigenvalue weighted by Gasteiger charge is 2.31. The molecule has 0 aliphatic carbocycles. The molecule has 18 heavy (non-hydrogen) atoms. The molecule has 0 N–H and O–H groups in total. The molecular weight excluding hydrogens is 239 g/mol. The summed E-state index contributed by atoms with van der Waals surface area (Å²) in [6, 6.07) is 2.27. The van der Waals surface area contributed by atoms with E-state index in [0.717, 1.165) is 31.5 Å². The van der Waals surface area contributed by atoms with Gasteiger partial charge < -0.3 is 0 Å². The third kappa shape index (κ3) is 5.52. The molecule has 0 spiro atoms. The van der Waals surface area contributed by atoms with Gasteiger partial charge in [0.2, 0.25) is 0 Å². The Morgan fingerprint density at radius 3 is 2.06 bits per heavy atom. The molecule has 1 aromatic rings. The minimum Gasteiger partial charge on any atom is -0.205 e. The van der Waals surface area contributed by atoms with Crippen LogP contribution in [0.3, 0.4) is 0 Å². The number of halogens is 3. The summed E-state index contributed by atoms with van der Waals surface area (Å²) in [5.74, 6) is 0. The van der Waals surface area contributed by atoms with Crippen molar-refractivity contribution in [3.8, 4) is 0 Å². The van der Waals surface area contributed by atoms with Gasteiger partial charge in [0, 0.05) is 18.6 Å². The molecule has 1 rings (SSSR count). The van der Waals surface area contributed by atoms with Crippen molar-refractivity contribution in [1.82, 2.24) is 0 Å². The Balaban J connectivity index is 2.27. The number of rotatable bonds is 7. The first-order chi connectivity index (χ1) is 8.54. The zero-order chi connectivity index (χ0) is 13.4. The Morgan fingerprint density at radius 2 is 1.50 bits per heavy atom. The first-order valence-electron chi connectivity index (χ1n) is 6.60. The van der Waals surface area contributed by atoms with Gasteiger partial charge in [-0.3, -0.25) is 0 Å². The summed E-state index contributed by atoms with van der Waals surface area (Å²) in [5, 5.41) is 0. The van der Waals surface area contributed by atoms with Crippen molar-refractivity contribution in [2.45, 2.75) is 58.2 Å². The van der Waals surface area contributed by atoms with Crippen LogP contribution in [-0.4, -0.2) is 0 Å². The summed E-state index contributed by atoms with van der Waals surface area (Å²) in [4.78, 5) is 0. The Morgan fingerprint density at radius 1 is 0.944 bits per heavy atom. The fraction of sp³-hybridized carbons (Fsp3) is 0.643. The third-order valence-electron chi connectivity index (χ3n) is 2.99. The molecule has 0 bridgehead atoms. The van der Waals surface area contributed by atoms with Crippen LogP contribution < -0.4 is 4.57 Å². The predicted octanol–water partition coefficient (Wildman–Crippen LogP) is 4.35. The maximum Gasteiger partial charge on any atom is 0.416 e. The lowest BCUT2D eigenvalue weighted by atomic mass is 10.1. The number of aryl methyl sites for hydroxylation is 1. The Labute approximate surface area is 107 Å². The standard InChI is InChI=1S/C14H21F3N/c1-2-3-4-5-6-7-10-18-11-8-13(9-12-18)14(15,16)17/h8-9,11-12H,2-7,10H2,1H3/q+1. The van der Waals surface area contributed by atoms with E-state index in [2.05, 4.69) is 6.92 Å². The highest BCUT2D eigenvalue weighted by atomic mass is 19.4. The lowest BCUT2D eigenvalue weighted by Gasteiger charge is -2.04. The Hall–Kier alpha value is -1.06. The Kier molecular flexibility index (Phi) is 6.16. The van der Waals surface area contributed by atoms with Crippen LogP contribution in [-0.2, 0) is 12.7 Å². The number of aromatic nitrogens is 1. The van der Waals surface area contributed by atoms with Gasteiger partial charge in [-0.15, -0.1) is 0 Å². The molecule has 0 saturated carbocycles. The SMILES string of the molecule is CCCCCCCC[n+]1ccc(C(F)(F)F)cc1. The lowest BCUT2D eigenvalue weighted by molar-refractivity contribution is -0.697. The average Bonchev–Trinajstić information content (AvgIpc) is 2.33. The van der Waals surface area contributed by atoms with Crippen molar-refractivity contribution in [2.24, 2.45) is 0 Å². The molecule has 0 amide bonds. The van der Waals surface area contributed by atoms with Crippen LogP contribution >= 0.6 is 0 Å². The van der Waals surface area contributed by atoms with E-state index in [1.807, 2.05) is 4.57 Å². The maximum absolute atomic E-state index is 12.3. The summed E-state index contributed by atoms with van der Waals surface area (Å²) < 4.78 is 38.8. The summed E-state index contributed by atoms with van der Waals surface area (Å²) in [7, 11) is 0. The number of alkyl halides is 3. The summed E-state index contributed by atoms with van der Waals surface area (Å²) in [6.07, 6.45) is 5.93. The number of hydrogen-bond acceptors (Lipinski definition) is 0. The topological polar surface area (TPSA) is 3.88 Å². The molecule has 4 heteroatoms. The predicted molar refractivity (Wildman–Crippen MR) is 65.0 cm³/mol. The van der Waals surface area contributed by atoms with Crippen LogP contribution in [0, 0.1) is 0 Å². The van der Waals surface area contributed by atoms with E-state index < -0.39 is 11.7 Å². The summed E-state index contributed by atoms with van der Waals surface area (Å²) in [5.41, 5.74) is -0.582. The molecule has 0 radical (unpaired) electrons. The van der Waals surface area contributed by atoms with Crippen molar-refractivity contribution >= 4 is 0 Å². The van der Waals surface area contributed by atoms with Gasteiger partial charge in [0.25, 0.3) is 0 Å². The van der Waals surface area contributed by atoms with Gasteiger partial charge in [-0.1, -0.05) is 32.6 Å². The molecule has 0 saturated heterocycles. The molecule has 1 heterocycles. The van der Waals surface area contributed by atoms with Gasteiger partial charge >= 0.3 is 6.18 Å². The Bertz CT molecular complexity index is 330. The molecule has 0 aromatic carbocycles. The average molecular weight is 260 g/mol. The van der Waals surface area contributed by atoms with Crippen LogP contribution in [0.25, 0.3) is 0 Å². The number of unbranched alkanes of at least 4 members (excludes halogenated alkanes) is 5. The zero-order valence-electron chi connectivity index (χ0n) is 10.8. The number of nitrogens with zero attached hydrogens (tertiary/aromatic N) is 1. The van der Waals surface area contributed by atoms with E-state index in [1.165, 1.54) is 38.1 Å². The lowest BCUT2D eigenvalue weighted by Crippen LogP contribution is -2.33. The molecule has 0 unspecified atom stereocenters. The third-order valence-corrected chi connectivity index (χ3v) is 2.99. The van der Waals surface area contributed by atoms with E-state index in [4.69, 9.17) is 0 Å². The van der Waals surface area contributed by atoms with Crippen LogP contribution in [0.15, 0.2) is 24.5 Å². The van der Waals surface area contributed by atoms with Crippen LogP contribution in [0.5, 0.6) is 0 Å². The molecule has 0 atom stereocenters. The van der Waals surface area contributed by atoms with Crippen molar-refractivity contribution in [1.29, 1.82) is 0 Å². The minimum atomic E-state index is -4.24. The zero-order valence-corrected chi connectivity index (χ0v) is 10.8. The minimum absolute atomic E-state index is 0.582. The van der Waals surface area contributed by atoms with Crippen molar-refractivity contribution < 1.29 is 17.7 Å². The molecule has 102 valence electrons. The molecule has 0 aliphatic heterocycles. The van der Waals surface area contributed by atoms with E-state index >= 15 is 0 Å². The van der Waals surface area contributed by atoms with Crippen molar-refractivity contribution in [2.75, 3.05) is 0 Å². The van der Waals surface area contributed by atoms with E-state index in [9.17, 15) is 13.2 Å².